The minimum absolute atomic E-state index is 0.193. The summed E-state index contributed by atoms with van der Waals surface area (Å²) in [5, 5.41) is 4.14. The number of nitrogens with zero attached hydrogens (tertiary/aromatic N) is 3. The number of carbonyl (C=O) groups is 1. The van der Waals surface area contributed by atoms with E-state index in [2.05, 4.69) is 27.2 Å². The summed E-state index contributed by atoms with van der Waals surface area (Å²) < 4.78 is 0. The van der Waals surface area contributed by atoms with Gasteiger partial charge in [0.15, 0.2) is 10.3 Å². The molecule has 146 valence electrons. The number of thioether (sulfide) groups is 1. The van der Waals surface area contributed by atoms with E-state index in [1.165, 1.54) is 28.6 Å². The molecule has 28 heavy (non-hydrogen) atoms. The lowest BCUT2D eigenvalue weighted by atomic mass is 9.89. The summed E-state index contributed by atoms with van der Waals surface area (Å²) in [5.41, 5.74) is 8.06. The Hall–Kier alpha value is -1.90. The van der Waals surface area contributed by atoms with Crippen molar-refractivity contribution >= 4 is 62.3 Å². The number of aromatic nitrogens is 3. The molecule has 1 aliphatic rings. The summed E-state index contributed by atoms with van der Waals surface area (Å²) in [4.78, 5) is 27.9. The lowest BCUT2D eigenvalue weighted by molar-refractivity contribution is -0.115. The quantitative estimate of drug-likeness (QED) is 0.355. The maximum atomic E-state index is 12.5. The Morgan fingerprint density at radius 2 is 2.29 bits per heavy atom. The maximum Gasteiger partial charge on any atom is 0.237 e. The van der Waals surface area contributed by atoms with Crippen LogP contribution in [0.3, 0.4) is 0 Å². The number of aryl methyl sites for hydroxylation is 1. The molecule has 0 aromatic carbocycles. The first-order valence-electron chi connectivity index (χ1n) is 9.08. The van der Waals surface area contributed by atoms with Gasteiger partial charge in [0.05, 0.1) is 16.3 Å². The number of anilines is 2. The molecule has 3 heterocycles. The molecule has 2 atom stereocenters. The average Bonchev–Trinajstić information content (AvgIpc) is 3.01. The largest absolute Gasteiger partial charge is 0.383 e. The smallest absolute Gasteiger partial charge is 0.237 e. The molecule has 3 N–H and O–H groups in total. The van der Waals surface area contributed by atoms with E-state index in [1.54, 1.807) is 36.6 Å². The van der Waals surface area contributed by atoms with Gasteiger partial charge in [0, 0.05) is 11.1 Å². The van der Waals surface area contributed by atoms with E-state index in [0.29, 0.717) is 22.6 Å². The molecule has 3 aromatic heterocycles. The van der Waals surface area contributed by atoms with Gasteiger partial charge in [-0.3, -0.25) is 4.79 Å². The number of hydrogen-bond donors (Lipinski definition) is 2. The molecule has 2 unspecified atom stereocenters. The number of fused-ring (bicyclic) bond motifs is 3. The van der Waals surface area contributed by atoms with Crippen LogP contribution in [-0.2, 0) is 17.6 Å². The van der Waals surface area contributed by atoms with Crippen molar-refractivity contribution in [2.24, 2.45) is 5.92 Å². The van der Waals surface area contributed by atoms with Gasteiger partial charge >= 0.3 is 0 Å². The number of nitrogens with one attached hydrogen (secondary N) is 1. The van der Waals surface area contributed by atoms with Crippen molar-refractivity contribution in [1.82, 2.24) is 15.0 Å². The zero-order chi connectivity index (χ0) is 19.8. The standard InChI is InChI=1S/C19H20ClN5OS2/c1-9-5-6-11-13(8-9)28-18-14(11)16(21)24-19(25-18)27-10(2)17(26)23-12-4-3-7-22-15(12)20/h3-4,7,9-10H,5-6,8H2,1-2H3,(H,23,26)(H2,21,24,25). The predicted octanol–water partition coefficient (Wildman–Crippen LogP) is 4.57. The number of nitrogen functional groups attached to an aromatic ring is 1. The fourth-order valence-electron chi connectivity index (χ4n) is 3.33. The van der Waals surface area contributed by atoms with Gasteiger partial charge in [-0.2, -0.15) is 0 Å². The zero-order valence-corrected chi connectivity index (χ0v) is 17.9. The van der Waals surface area contributed by atoms with Crippen LogP contribution in [-0.4, -0.2) is 26.1 Å². The molecular formula is C19H20ClN5OS2. The van der Waals surface area contributed by atoms with Crippen molar-refractivity contribution in [2.75, 3.05) is 11.1 Å². The van der Waals surface area contributed by atoms with E-state index in [1.807, 2.05) is 0 Å². The van der Waals surface area contributed by atoms with Gasteiger partial charge in [-0.15, -0.1) is 11.3 Å². The number of halogens is 1. The van der Waals surface area contributed by atoms with E-state index in [-0.39, 0.29) is 11.1 Å². The van der Waals surface area contributed by atoms with Crippen molar-refractivity contribution in [2.45, 2.75) is 43.5 Å². The van der Waals surface area contributed by atoms with Crippen LogP contribution in [0.2, 0.25) is 5.15 Å². The minimum atomic E-state index is -0.414. The summed E-state index contributed by atoms with van der Waals surface area (Å²) in [6.45, 7) is 4.08. The van der Waals surface area contributed by atoms with E-state index < -0.39 is 5.25 Å². The second kappa shape index (κ2) is 7.85. The molecule has 0 fully saturated rings. The van der Waals surface area contributed by atoms with E-state index >= 15 is 0 Å². The zero-order valence-electron chi connectivity index (χ0n) is 15.5. The number of carbonyl (C=O) groups excluding carboxylic acids is 1. The van der Waals surface area contributed by atoms with Crippen molar-refractivity contribution < 1.29 is 4.79 Å². The van der Waals surface area contributed by atoms with Crippen LogP contribution in [0.15, 0.2) is 23.5 Å². The van der Waals surface area contributed by atoms with Gasteiger partial charge in [0.2, 0.25) is 5.91 Å². The summed E-state index contributed by atoms with van der Waals surface area (Å²) in [6.07, 6.45) is 4.84. The highest BCUT2D eigenvalue weighted by Crippen LogP contribution is 2.40. The van der Waals surface area contributed by atoms with Crippen LogP contribution in [0.4, 0.5) is 11.5 Å². The molecular weight excluding hydrogens is 414 g/mol. The molecule has 0 saturated carbocycles. The van der Waals surface area contributed by atoms with Crippen molar-refractivity contribution in [3.63, 3.8) is 0 Å². The number of hydrogen-bond acceptors (Lipinski definition) is 7. The molecule has 1 amide bonds. The summed E-state index contributed by atoms with van der Waals surface area (Å²) >= 11 is 8.99. The third kappa shape index (κ3) is 3.81. The summed E-state index contributed by atoms with van der Waals surface area (Å²) in [5.74, 6) is 0.996. The minimum Gasteiger partial charge on any atom is -0.383 e. The average molecular weight is 434 g/mol. The molecule has 1 aliphatic carbocycles. The topological polar surface area (TPSA) is 93.8 Å². The van der Waals surface area contributed by atoms with E-state index in [9.17, 15) is 4.79 Å². The van der Waals surface area contributed by atoms with Gasteiger partial charge in [-0.05, 0) is 49.8 Å². The fraction of sp³-hybridized carbons (Fsp3) is 0.368. The Balaban J connectivity index is 1.54. The maximum absolute atomic E-state index is 12.5. The Bertz CT molecular complexity index is 1050. The Kier molecular flexibility index (Phi) is 5.44. The first-order valence-corrected chi connectivity index (χ1v) is 11.2. The SMILES string of the molecule is CC1CCc2c(sc3nc(SC(C)C(=O)Nc4cccnc4Cl)nc(N)c23)C1. The highest BCUT2D eigenvalue weighted by atomic mass is 35.5. The first kappa shape index (κ1) is 19.4. The Labute approximate surface area is 176 Å². The molecule has 0 bridgehead atoms. The molecule has 0 aliphatic heterocycles. The Morgan fingerprint density at radius 3 is 3.07 bits per heavy atom. The van der Waals surface area contributed by atoms with Crippen LogP contribution in [0.5, 0.6) is 0 Å². The fourth-order valence-corrected chi connectivity index (χ4v) is 5.72. The van der Waals surface area contributed by atoms with Crippen molar-refractivity contribution in [3.8, 4) is 0 Å². The van der Waals surface area contributed by atoms with Crippen LogP contribution < -0.4 is 11.1 Å². The van der Waals surface area contributed by atoms with Gasteiger partial charge in [0.25, 0.3) is 0 Å². The number of amides is 1. The first-order chi connectivity index (χ1) is 13.4. The number of nitrogens with two attached hydrogens (primary N) is 1. The molecule has 6 nitrogen and oxygen atoms in total. The van der Waals surface area contributed by atoms with Crippen LogP contribution in [0.25, 0.3) is 10.2 Å². The van der Waals surface area contributed by atoms with Crippen LogP contribution >= 0.6 is 34.7 Å². The predicted molar refractivity (Wildman–Crippen MR) is 116 cm³/mol. The molecule has 0 saturated heterocycles. The summed E-state index contributed by atoms with van der Waals surface area (Å²) in [6, 6.07) is 3.43. The molecule has 4 rings (SSSR count). The third-order valence-corrected chi connectivity index (χ3v) is 7.24. The van der Waals surface area contributed by atoms with E-state index in [4.69, 9.17) is 17.3 Å². The van der Waals surface area contributed by atoms with Gasteiger partial charge in [-0.25, -0.2) is 15.0 Å². The molecule has 0 radical (unpaired) electrons. The lowest BCUT2D eigenvalue weighted by Gasteiger charge is -2.17. The third-order valence-electron chi connectivity index (χ3n) is 4.83. The number of pyridine rings is 1. The van der Waals surface area contributed by atoms with Crippen LogP contribution in [0, 0.1) is 5.92 Å². The normalized spacial score (nSPS) is 17.3. The second-order valence-electron chi connectivity index (χ2n) is 7.01. The highest BCUT2D eigenvalue weighted by molar-refractivity contribution is 8.00. The molecule has 3 aromatic rings. The van der Waals surface area contributed by atoms with Crippen LogP contribution in [0.1, 0.15) is 30.7 Å². The van der Waals surface area contributed by atoms with Gasteiger partial charge in [0.1, 0.15) is 10.6 Å². The Morgan fingerprint density at radius 1 is 1.46 bits per heavy atom. The monoisotopic (exact) mass is 433 g/mol. The highest BCUT2D eigenvalue weighted by Gasteiger charge is 2.24. The number of thiophene rings is 1. The lowest BCUT2D eigenvalue weighted by Crippen LogP contribution is -2.23. The van der Waals surface area contributed by atoms with Gasteiger partial charge in [-0.1, -0.05) is 30.3 Å². The van der Waals surface area contributed by atoms with Gasteiger partial charge < -0.3 is 11.1 Å². The molecule has 0 spiro atoms. The number of rotatable bonds is 4. The van der Waals surface area contributed by atoms with Crippen molar-refractivity contribution in [1.29, 1.82) is 0 Å². The molecule has 9 heteroatoms. The van der Waals surface area contributed by atoms with E-state index in [0.717, 1.165) is 23.1 Å². The van der Waals surface area contributed by atoms with Crippen molar-refractivity contribution in [3.05, 3.63) is 33.9 Å². The second-order valence-corrected chi connectivity index (χ2v) is 9.76. The summed E-state index contributed by atoms with van der Waals surface area (Å²) in [7, 11) is 0.